The number of hydrogen-bond acceptors (Lipinski definition) is 7. The van der Waals surface area contributed by atoms with Crippen LogP contribution in [0, 0.1) is 0 Å². The van der Waals surface area contributed by atoms with Gasteiger partial charge in [-0.1, -0.05) is 0 Å². The van der Waals surface area contributed by atoms with Crippen molar-refractivity contribution in [3.8, 4) is 16.9 Å². The number of rotatable bonds is 4. The summed E-state index contributed by atoms with van der Waals surface area (Å²) in [6.07, 6.45) is 10.1. The second-order valence-electron chi connectivity index (χ2n) is 8.31. The minimum Gasteiger partial charge on any atom is -0.355 e. The number of hydrogen-bond donors (Lipinski definition) is 2. The molecule has 3 atom stereocenters. The monoisotopic (exact) mass is 401 g/mol. The molecule has 0 radical (unpaired) electrons. The van der Waals surface area contributed by atoms with Crippen LogP contribution in [0.15, 0.2) is 43.1 Å². The van der Waals surface area contributed by atoms with E-state index in [2.05, 4.69) is 53.9 Å². The number of aromatic nitrogens is 7. The van der Waals surface area contributed by atoms with E-state index in [9.17, 15) is 0 Å². The fraction of sp³-hybridized carbons (Fsp3) is 0.381. The van der Waals surface area contributed by atoms with Gasteiger partial charge in [-0.2, -0.15) is 5.10 Å². The third-order valence-corrected chi connectivity index (χ3v) is 6.57. The quantitative estimate of drug-likeness (QED) is 0.541. The molecule has 2 aliphatic rings. The first-order valence-corrected chi connectivity index (χ1v) is 10.4. The van der Waals surface area contributed by atoms with E-state index in [-0.39, 0.29) is 0 Å². The summed E-state index contributed by atoms with van der Waals surface area (Å²) in [5.41, 5.74) is 3.69. The van der Waals surface area contributed by atoms with Gasteiger partial charge in [-0.05, 0) is 49.9 Å². The molecular formula is C21H23N9. The van der Waals surface area contributed by atoms with Crippen molar-refractivity contribution in [3.63, 3.8) is 0 Å². The Morgan fingerprint density at radius 3 is 2.53 bits per heavy atom. The van der Waals surface area contributed by atoms with E-state index in [0.717, 1.165) is 33.7 Å². The van der Waals surface area contributed by atoms with Gasteiger partial charge in [-0.3, -0.25) is 9.67 Å². The summed E-state index contributed by atoms with van der Waals surface area (Å²) in [6.45, 7) is 0. The van der Waals surface area contributed by atoms with Gasteiger partial charge in [0.15, 0.2) is 5.82 Å². The molecular weight excluding hydrogens is 378 g/mol. The van der Waals surface area contributed by atoms with E-state index in [1.165, 1.54) is 25.7 Å². The first-order chi connectivity index (χ1) is 14.8. The van der Waals surface area contributed by atoms with Crippen LogP contribution < -0.4 is 10.2 Å². The van der Waals surface area contributed by atoms with Crippen molar-refractivity contribution in [3.05, 3.63) is 43.1 Å². The Labute approximate surface area is 173 Å². The minimum atomic E-state index is 0.520. The molecule has 4 aromatic rings. The molecule has 30 heavy (non-hydrogen) atoms. The summed E-state index contributed by atoms with van der Waals surface area (Å²) in [5, 5.41) is 29.0. The zero-order valence-electron chi connectivity index (χ0n) is 16.7. The van der Waals surface area contributed by atoms with Gasteiger partial charge in [0.25, 0.3) is 0 Å². The van der Waals surface area contributed by atoms with Gasteiger partial charge in [-0.25, -0.2) is 0 Å². The number of fused-ring (bicyclic) bond motifs is 3. The molecule has 3 aromatic heterocycles. The highest BCUT2D eigenvalue weighted by molar-refractivity contribution is 5.97. The number of aromatic amines is 1. The lowest BCUT2D eigenvalue weighted by Crippen LogP contribution is -2.47. The van der Waals surface area contributed by atoms with Gasteiger partial charge in [0.1, 0.15) is 12.7 Å². The van der Waals surface area contributed by atoms with Crippen molar-refractivity contribution in [1.82, 2.24) is 40.5 Å². The molecule has 2 bridgehead atoms. The molecule has 0 spiro atoms. The molecule has 152 valence electrons. The van der Waals surface area contributed by atoms with Crippen LogP contribution in [0.25, 0.3) is 27.8 Å². The van der Waals surface area contributed by atoms with Crippen LogP contribution >= 0.6 is 0 Å². The van der Waals surface area contributed by atoms with Crippen LogP contribution in [0.5, 0.6) is 0 Å². The van der Waals surface area contributed by atoms with Gasteiger partial charge in [0, 0.05) is 36.1 Å². The minimum absolute atomic E-state index is 0.520. The van der Waals surface area contributed by atoms with Crippen molar-refractivity contribution in [2.45, 2.75) is 43.8 Å². The summed E-state index contributed by atoms with van der Waals surface area (Å²) < 4.78 is 1.87. The Balaban J connectivity index is 1.30. The van der Waals surface area contributed by atoms with Crippen LogP contribution in [0.3, 0.4) is 0 Å². The van der Waals surface area contributed by atoms with Gasteiger partial charge in [0.2, 0.25) is 0 Å². The second-order valence-corrected chi connectivity index (χ2v) is 8.31. The van der Waals surface area contributed by atoms with Crippen molar-refractivity contribution in [2.24, 2.45) is 0 Å². The lowest BCUT2D eigenvalue weighted by molar-refractivity contribution is 0.353. The first kappa shape index (κ1) is 17.5. The molecule has 2 fully saturated rings. The number of nitrogens with zero attached hydrogens (tertiary/aromatic N) is 7. The van der Waals surface area contributed by atoms with Crippen molar-refractivity contribution < 1.29 is 0 Å². The lowest BCUT2D eigenvalue weighted by Gasteiger charge is -2.36. The van der Waals surface area contributed by atoms with Crippen LogP contribution in [0.4, 0.5) is 5.82 Å². The lowest BCUT2D eigenvalue weighted by atomic mass is 9.98. The van der Waals surface area contributed by atoms with Gasteiger partial charge >= 0.3 is 0 Å². The van der Waals surface area contributed by atoms with Crippen molar-refractivity contribution in [1.29, 1.82) is 0 Å². The zero-order valence-corrected chi connectivity index (χ0v) is 16.7. The second kappa shape index (κ2) is 6.88. The highest BCUT2D eigenvalue weighted by atomic mass is 15.3. The van der Waals surface area contributed by atoms with E-state index in [0.29, 0.717) is 18.1 Å². The van der Waals surface area contributed by atoms with E-state index in [4.69, 9.17) is 0 Å². The molecule has 9 heteroatoms. The Bertz CT molecular complexity index is 1150. The third kappa shape index (κ3) is 2.85. The average Bonchev–Trinajstić information content (AvgIpc) is 3.54. The van der Waals surface area contributed by atoms with Crippen LogP contribution in [-0.4, -0.2) is 60.3 Å². The number of H-pyrrole nitrogens is 1. The number of benzene rings is 1. The van der Waals surface area contributed by atoms with E-state index >= 15 is 0 Å². The van der Waals surface area contributed by atoms with E-state index < -0.39 is 0 Å². The maximum absolute atomic E-state index is 4.56. The fourth-order valence-electron chi connectivity index (χ4n) is 4.97. The first-order valence-electron chi connectivity index (χ1n) is 10.4. The molecule has 2 aliphatic heterocycles. The number of anilines is 1. The molecule has 0 saturated carbocycles. The maximum atomic E-state index is 4.56. The smallest absolute Gasteiger partial charge is 0.151 e. The summed E-state index contributed by atoms with van der Waals surface area (Å²) in [5.74, 6) is 0.923. The van der Waals surface area contributed by atoms with Gasteiger partial charge < -0.3 is 10.2 Å². The standard InChI is InChI=1S/C21H23N9/c1-29(15-8-13-2-3-14(9-15)25-13)20-7-5-18(26-27-20)16-4-6-19(30-11-23-24-12-30)17-10-22-28-21(16)17/h4-7,10-15,25H,2-3,8-9H2,1H3,(H,22,28)/t13-,14+,15?. The number of piperidine rings is 1. The molecule has 0 aliphatic carbocycles. The molecule has 6 rings (SSSR count). The molecule has 9 nitrogen and oxygen atoms in total. The predicted octanol–water partition coefficient (Wildman–Crippen LogP) is 2.32. The fourth-order valence-corrected chi connectivity index (χ4v) is 4.97. The Morgan fingerprint density at radius 2 is 1.80 bits per heavy atom. The zero-order chi connectivity index (χ0) is 20.1. The van der Waals surface area contributed by atoms with Crippen molar-refractivity contribution >= 4 is 16.7 Å². The van der Waals surface area contributed by atoms with Gasteiger partial charge in [-0.15, -0.1) is 20.4 Å². The van der Waals surface area contributed by atoms with Crippen molar-refractivity contribution in [2.75, 3.05) is 11.9 Å². The molecule has 1 aromatic carbocycles. The van der Waals surface area contributed by atoms with Crippen LogP contribution in [0.1, 0.15) is 25.7 Å². The van der Waals surface area contributed by atoms with E-state index in [1.54, 1.807) is 12.7 Å². The molecule has 1 unspecified atom stereocenters. The Hall–Kier alpha value is -3.33. The van der Waals surface area contributed by atoms with E-state index in [1.807, 2.05) is 29.0 Å². The van der Waals surface area contributed by atoms with Gasteiger partial charge in [0.05, 0.1) is 23.1 Å². The summed E-state index contributed by atoms with van der Waals surface area (Å²) in [7, 11) is 2.14. The summed E-state index contributed by atoms with van der Waals surface area (Å²) in [4.78, 5) is 2.30. The normalized spacial score (nSPS) is 23.2. The Morgan fingerprint density at radius 1 is 1.00 bits per heavy atom. The molecule has 0 amide bonds. The molecule has 2 saturated heterocycles. The van der Waals surface area contributed by atoms with Crippen LogP contribution in [0.2, 0.25) is 0 Å². The Kier molecular flexibility index (Phi) is 4.02. The highest BCUT2D eigenvalue weighted by Gasteiger charge is 2.35. The van der Waals surface area contributed by atoms with Crippen LogP contribution in [-0.2, 0) is 0 Å². The predicted molar refractivity (Wildman–Crippen MR) is 113 cm³/mol. The molecule has 2 N–H and O–H groups in total. The molecule has 5 heterocycles. The SMILES string of the molecule is CN(c1ccc(-c2ccc(-n3cnnc3)c3cn[nH]c23)nn1)C1C[C@H]2CC[C@@H](C1)N2. The third-order valence-electron chi connectivity index (χ3n) is 6.57. The maximum Gasteiger partial charge on any atom is 0.151 e. The number of nitrogens with one attached hydrogen (secondary N) is 2. The average molecular weight is 401 g/mol. The highest BCUT2D eigenvalue weighted by Crippen LogP contribution is 2.32. The topological polar surface area (TPSA) is 100 Å². The summed E-state index contributed by atoms with van der Waals surface area (Å²) in [6, 6.07) is 10.0. The summed E-state index contributed by atoms with van der Waals surface area (Å²) >= 11 is 0. The largest absolute Gasteiger partial charge is 0.355 e.